The molecule has 0 saturated carbocycles. The first-order valence-electron chi connectivity index (χ1n) is 5.95. The summed E-state index contributed by atoms with van der Waals surface area (Å²) >= 11 is 0. The molecule has 2 amide bonds. The van der Waals surface area contributed by atoms with Gasteiger partial charge in [-0.25, -0.2) is 0 Å². The fourth-order valence-corrected chi connectivity index (χ4v) is 1.46. The summed E-state index contributed by atoms with van der Waals surface area (Å²) in [5.74, 6) is -0.570. The van der Waals surface area contributed by atoms with Gasteiger partial charge in [-0.05, 0) is 13.8 Å². The largest absolute Gasteiger partial charge is 0.697 e. The van der Waals surface area contributed by atoms with E-state index in [-0.39, 0.29) is 38.1 Å². The van der Waals surface area contributed by atoms with E-state index in [2.05, 4.69) is 23.8 Å². The van der Waals surface area contributed by atoms with Gasteiger partial charge in [0.1, 0.15) is 13.2 Å². The second-order valence-corrected chi connectivity index (χ2v) is 4.93. The predicted molar refractivity (Wildman–Crippen MR) is 75.2 cm³/mol. The van der Waals surface area contributed by atoms with Crippen LogP contribution in [0.5, 0.6) is 0 Å². The van der Waals surface area contributed by atoms with Crippen LogP contribution in [-0.2, 0) is 23.2 Å². The third-order valence-corrected chi connectivity index (χ3v) is 2.73. The molecule has 0 unspecified atom stereocenters. The SMILES string of the molecule is C=C(C)C(=O)NCCO[P+](=O)OCCNC(=O)C(=C)C. The third-order valence-electron chi connectivity index (χ3n) is 1.94. The topological polar surface area (TPSA) is 93.7 Å². The Kier molecular flexibility index (Phi) is 9.45. The smallest absolute Gasteiger partial charge is 0.350 e. The number of carbonyl (C=O) groups excluding carboxylic acids is 2. The van der Waals surface area contributed by atoms with Gasteiger partial charge in [-0.2, -0.15) is 0 Å². The molecule has 7 nitrogen and oxygen atoms in total. The number of hydrogen-bond acceptors (Lipinski definition) is 5. The van der Waals surface area contributed by atoms with E-state index < -0.39 is 8.25 Å². The molecule has 8 heteroatoms. The highest BCUT2D eigenvalue weighted by atomic mass is 31.1. The van der Waals surface area contributed by atoms with Gasteiger partial charge in [-0.3, -0.25) is 9.59 Å². The highest BCUT2D eigenvalue weighted by molar-refractivity contribution is 7.33. The number of rotatable bonds is 10. The molecular weight excluding hydrogens is 283 g/mol. The maximum absolute atomic E-state index is 11.2. The van der Waals surface area contributed by atoms with Crippen molar-refractivity contribution in [2.24, 2.45) is 0 Å². The van der Waals surface area contributed by atoms with E-state index in [0.29, 0.717) is 11.1 Å². The average molecular weight is 303 g/mol. The molecule has 2 N–H and O–H groups in total. The van der Waals surface area contributed by atoms with E-state index in [1.807, 2.05) is 0 Å². The van der Waals surface area contributed by atoms with Crippen molar-refractivity contribution in [2.75, 3.05) is 26.3 Å². The predicted octanol–water partition coefficient (Wildman–Crippen LogP) is 1.06. The van der Waals surface area contributed by atoms with Crippen LogP contribution in [0.25, 0.3) is 0 Å². The van der Waals surface area contributed by atoms with Crippen molar-refractivity contribution in [1.29, 1.82) is 0 Å². The van der Waals surface area contributed by atoms with Crippen molar-refractivity contribution in [3.05, 3.63) is 24.3 Å². The molecule has 0 aliphatic carbocycles. The van der Waals surface area contributed by atoms with E-state index in [1.54, 1.807) is 13.8 Å². The van der Waals surface area contributed by atoms with E-state index in [0.717, 1.165) is 0 Å². The van der Waals surface area contributed by atoms with Gasteiger partial charge in [-0.1, -0.05) is 13.2 Å². The van der Waals surface area contributed by atoms with Crippen LogP contribution in [0.15, 0.2) is 24.3 Å². The van der Waals surface area contributed by atoms with Gasteiger partial charge < -0.3 is 10.6 Å². The Hall–Kier alpha value is -1.56. The van der Waals surface area contributed by atoms with Crippen LogP contribution >= 0.6 is 8.25 Å². The lowest BCUT2D eigenvalue weighted by molar-refractivity contribution is -0.118. The minimum atomic E-state index is -2.27. The Bertz CT molecular complexity index is 373. The van der Waals surface area contributed by atoms with Crippen molar-refractivity contribution in [3.63, 3.8) is 0 Å². The standard InChI is InChI=1S/C12H19N2O5P/c1-9(2)11(15)13-5-7-18-20(17)19-8-6-14-12(16)10(3)4/h1,3,5-8H2,2,4H3,(H-,13,14,15,16)/p+1. The van der Waals surface area contributed by atoms with Crippen molar-refractivity contribution in [1.82, 2.24) is 10.6 Å². The second kappa shape index (κ2) is 10.3. The van der Waals surface area contributed by atoms with Crippen LogP contribution < -0.4 is 10.6 Å². The van der Waals surface area contributed by atoms with Gasteiger partial charge in [0.15, 0.2) is 0 Å². The van der Waals surface area contributed by atoms with Crippen molar-refractivity contribution in [3.8, 4) is 0 Å². The zero-order chi connectivity index (χ0) is 15.5. The van der Waals surface area contributed by atoms with Gasteiger partial charge in [0.2, 0.25) is 11.8 Å². The van der Waals surface area contributed by atoms with Gasteiger partial charge in [0, 0.05) is 28.8 Å². The summed E-state index contributed by atoms with van der Waals surface area (Å²) in [6.45, 7) is 10.6. The quantitative estimate of drug-likeness (QED) is 0.357. The molecule has 112 valence electrons. The maximum Gasteiger partial charge on any atom is 0.697 e. The Morgan fingerprint density at radius 2 is 1.30 bits per heavy atom. The van der Waals surface area contributed by atoms with Crippen LogP contribution in [0.1, 0.15) is 13.8 Å². The van der Waals surface area contributed by atoms with Crippen LogP contribution in [0.4, 0.5) is 0 Å². The van der Waals surface area contributed by atoms with E-state index in [1.165, 1.54) is 0 Å². The molecule has 0 heterocycles. The fourth-order valence-electron chi connectivity index (χ4n) is 0.909. The maximum atomic E-state index is 11.2. The average Bonchev–Trinajstić information content (AvgIpc) is 2.38. The lowest BCUT2D eigenvalue weighted by Gasteiger charge is -2.01. The molecule has 0 radical (unpaired) electrons. The number of amides is 2. The minimum absolute atomic E-state index is 0.0619. The lowest BCUT2D eigenvalue weighted by atomic mass is 10.3. The molecule has 0 fully saturated rings. The van der Waals surface area contributed by atoms with Crippen LogP contribution in [0.2, 0.25) is 0 Å². The first kappa shape index (κ1) is 18.4. The zero-order valence-electron chi connectivity index (χ0n) is 11.7. The molecule has 0 saturated heterocycles. The van der Waals surface area contributed by atoms with Gasteiger partial charge >= 0.3 is 8.25 Å². The number of carbonyl (C=O) groups is 2. The Balaban J connectivity index is 3.55. The van der Waals surface area contributed by atoms with Crippen molar-refractivity contribution in [2.45, 2.75) is 13.8 Å². The number of hydrogen-bond donors (Lipinski definition) is 2. The van der Waals surface area contributed by atoms with Gasteiger partial charge in [0.25, 0.3) is 0 Å². The Morgan fingerprint density at radius 3 is 1.60 bits per heavy atom. The summed E-state index contributed by atoms with van der Waals surface area (Å²) < 4.78 is 20.9. The molecule has 0 aromatic rings. The second-order valence-electron chi connectivity index (χ2n) is 3.96. The Morgan fingerprint density at radius 1 is 0.950 bits per heavy atom. The molecule has 0 rings (SSSR count). The first-order chi connectivity index (χ1) is 9.34. The number of nitrogens with one attached hydrogen (secondary N) is 2. The van der Waals surface area contributed by atoms with Crippen LogP contribution in [0.3, 0.4) is 0 Å². The first-order valence-corrected chi connectivity index (χ1v) is 7.04. The summed E-state index contributed by atoms with van der Waals surface area (Å²) in [4.78, 5) is 22.2. The summed E-state index contributed by atoms with van der Waals surface area (Å²) in [6, 6.07) is 0. The summed E-state index contributed by atoms with van der Waals surface area (Å²) in [5, 5.41) is 5.04. The van der Waals surface area contributed by atoms with Crippen LogP contribution in [0, 0.1) is 0 Å². The van der Waals surface area contributed by atoms with E-state index in [4.69, 9.17) is 9.05 Å². The zero-order valence-corrected chi connectivity index (χ0v) is 12.6. The lowest BCUT2D eigenvalue weighted by Crippen LogP contribution is -2.27. The summed E-state index contributed by atoms with van der Waals surface area (Å²) in [7, 11) is -2.27. The van der Waals surface area contributed by atoms with Crippen molar-refractivity contribution >= 4 is 20.1 Å². The fraction of sp³-hybridized carbons (Fsp3) is 0.500. The third kappa shape index (κ3) is 9.38. The Labute approximate surface area is 119 Å². The molecule has 0 spiro atoms. The molecule has 0 aromatic heterocycles. The highest BCUT2D eigenvalue weighted by Crippen LogP contribution is 2.22. The van der Waals surface area contributed by atoms with Gasteiger partial charge in [0.05, 0.1) is 0 Å². The summed E-state index contributed by atoms with van der Waals surface area (Å²) in [6.07, 6.45) is 0. The highest BCUT2D eigenvalue weighted by Gasteiger charge is 2.19. The molecule has 0 bridgehead atoms. The molecule has 20 heavy (non-hydrogen) atoms. The molecule has 0 aliphatic heterocycles. The molecule has 0 aromatic carbocycles. The van der Waals surface area contributed by atoms with Crippen molar-refractivity contribution < 1.29 is 23.2 Å². The van der Waals surface area contributed by atoms with Gasteiger partial charge in [-0.15, -0.1) is 9.05 Å². The monoisotopic (exact) mass is 303 g/mol. The normalized spacial score (nSPS) is 9.70. The molecule has 0 atom stereocenters. The van der Waals surface area contributed by atoms with Crippen LogP contribution in [-0.4, -0.2) is 38.1 Å². The molecular formula is C12H20N2O5P+. The molecule has 0 aliphatic rings. The van der Waals surface area contributed by atoms with E-state index in [9.17, 15) is 14.2 Å². The summed E-state index contributed by atoms with van der Waals surface area (Å²) in [5.41, 5.74) is 0.776. The van der Waals surface area contributed by atoms with E-state index >= 15 is 0 Å². The minimum Gasteiger partial charge on any atom is -0.350 e.